The van der Waals surface area contributed by atoms with Gasteiger partial charge in [0.25, 0.3) is 5.91 Å². The number of likely N-dealkylation sites (N-methyl/N-ethyl adjacent to an activating group) is 1. The van der Waals surface area contributed by atoms with Gasteiger partial charge in [-0.1, -0.05) is 0 Å². The highest BCUT2D eigenvalue weighted by molar-refractivity contribution is 7.91. The van der Waals surface area contributed by atoms with E-state index in [4.69, 9.17) is 4.74 Å². The molecule has 1 saturated heterocycles. The number of esters is 1. The summed E-state index contributed by atoms with van der Waals surface area (Å²) in [5.41, 5.74) is 3.11. The van der Waals surface area contributed by atoms with Gasteiger partial charge in [0.2, 0.25) is 0 Å². The Hall–Kier alpha value is -2.55. The van der Waals surface area contributed by atoms with Crippen molar-refractivity contribution < 1.29 is 22.7 Å². The molecule has 0 bridgehead atoms. The van der Waals surface area contributed by atoms with Gasteiger partial charge in [-0.25, -0.2) is 23.2 Å². The minimum absolute atomic E-state index is 0.0575. The molecule has 0 radical (unpaired) electrons. The zero-order valence-electron chi connectivity index (χ0n) is 16.3. The zero-order chi connectivity index (χ0) is 20.6. The topological polar surface area (TPSA) is 107 Å². The Morgan fingerprint density at radius 1 is 1.18 bits per heavy atom. The van der Waals surface area contributed by atoms with Crippen LogP contribution in [0.4, 0.5) is 0 Å². The van der Waals surface area contributed by atoms with Crippen LogP contribution < -0.4 is 0 Å². The number of aryl methyl sites for hydroxylation is 2. The molecule has 28 heavy (non-hydrogen) atoms. The van der Waals surface area contributed by atoms with Gasteiger partial charge in [0.15, 0.2) is 15.9 Å². The van der Waals surface area contributed by atoms with E-state index in [1.165, 1.54) is 18.9 Å². The molecule has 8 nitrogen and oxygen atoms in total. The number of carbonyl (C=O) groups excluding carboxylic acids is 2. The van der Waals surface area contributed by atoms with Crippen LogP contribution in [0.15, 0.2) is 18.2 Å². The van der Waals surface area contributed by atoms with Crippen molar-refractivity contribution in [1.29, 1.82) is 0 Å². The van der Waals surface area contributed by atoms with E-state index in [9.17, 15) is 18.0 Å². The number of amides is 1. The molecule has 3 rings (SSSR count). The van der Waals surface area contributed by atoms with Crippen LogP contribution in [0.25, 0.3) is 11.0 Å². The first-order valence-corrected chi connectivity index (χ1v) is 10.8. The normalized spacial score (nSPS) is 19.4. The van der Waals surface area contributed by atoms with Crippen LogP contribution in [-0.2, 0) is 19.4 Å². The maximum absolute atomic E-state index is 12.5. The average Bonchev–Trinajstić information content (AvgIpc) is 3.00. The van der Waals surface area contributed by atoms with Crippen molar-refractivity contribution in [3.63, 3.8) is 0 Å². The quantitative estimate of drug-likeness (QED) is 0.709. The number of sulfone groups is 1. The van der Waals surface area contributed by atoms with Gasteiger partial charge in [-0.3, -0.25) is 4.79 Å². The molecule has 1 aliphatic heterocycles. The Morgan fingerprint density at radius 2 is 1.82 bits per heavy atom. The molecule has 1 aromatic carbocycles. The molecule has 0 aliphatic carbocycles. The van der Waals surface area contributed by atoms with Gasteiger partial charge in [-0.15, -0.1) is 0 Å². The van der Waals surface area contributed by atoms with E-state index in [-0.39, 0.29) is 23.1 Å². The van der Waals surface area contributed by atoms with E-state index in [2.05, 4.69) is 9.97 Å². The zero-order valence-corrected chi connectivity index (χ0v) is 17.1. The van der Waals surface area contributed by atoms with Gasteiger partial charge < -0.3 is 9.64 Å². The van der Waals surface area contributed by atoms with Crippen molar-refractivity contribution in [1.82, 2.24) is 14.9 Å². The van der Waals surface area contributed by atoms with Gasteiger partial charge in [-0.2, -0.15) is 0 Å². The van der Waals surface area contributed by atoms with E-state index in [0.717, 1.165) is 11.4 Å². The van der Waals surface area contributed by atoms with Crippen LogP contribution in [0.1, 0.15) is 35.1 Å². The molecule has 2 atom stereocenters. The van der Waals surface area contributed by atoms with Crippen LogP contribution in [0.3, 0.4) is 0 Å². The molecule has 0 spiro atoms. The Labute approximate surface area is 163 Å². The summed E-state index contributed by atoms with van der Waals surface area (Å²) in [7, 11) is -1.57. The number of rotatable bonds is 4. The molecule has 1 fully saturated rings. The summed E-state index contributed by atoms with van der Waals surface area (Å²) >= 11 is 0. The minimum Gasteiger partial charge on any atom is -0.449 e. The number of aromatic nitrogens is 2. The summed E-state index contributed by atoms with van der Waals surface area (Å²) in [5, 5.41) is 0. The first-order chi connectivity index (χ1) is 13.1. The third kappa shape index (κ3) is 4.14. The monoisotopic (exact) mass is 405 g/mol. The molecule has 1 aliphatic rings. The number of hydrogen-bond donors (Lipinski definition) is 0. The molecular formula is C19H23N3O5S. The Morgan fingerprint density at radius 3 is 2.43 bits per heavy atom. The van der Waals surface area contributed by atoms with Gasteiger partial charge >= 0.3 is 5.97 Å². The number of hydrogen-bond acceptors (Lipinski definition) is 7. The predicted octanol–water partition coefficient (Wildman–Crippen LogP) is 1.44. The first-order valence-electron chi connectivity index (χ1n) is 9.00. The van der Waals surface area contributed by atoms with Gasteiger partial charge in [0, 0.05) is 13.1 Å². The highest BCUT2D eigenvalue weighted by atomic mass is 32.2. The Balaban J connectivity index is 1.70. The Bertz CT molecular complexity index is 1050. The molecule has 0 saturated carbocycles. The molecule has 1 amide bonds. The molecule has 150 valence electrons. The average molecular weight is 405 g/mol. The van der Waals surface area contributed by atoms with Crippen molar-refractivity contribution in [3.05, 3.63) is 35.2 Å². The van der Waals surface area contributed by atoms with Crippen molar-refractivity contribution in [2.75, 3.05) is 18.6 Å². The highest BCUT2D eigenvalue weighted by Crippen LogP contribution is 2.19. The van der Waals surface area contributed by atoms with Crippen LogP contribution in [0.5, 0.6) is 0 Å². The maximum atomic E-state index is 12.5. The fourth-order valence-corrected chi connectivity index (χ4v) is 4.96. The maximum Gasteiger partial charge on any atom is 0.338 e. The molecule has 9 heteroatoms. The summed E-state index contributed by atoms with van der Waals surface area (Å²) in [5.74, 6) is -1.06. The number of ether oxygens (including phenoxy) is 1. The summed E-state index contributed by atoms with van der Waals surface area (Å²) in [6.07, 6.45) is -0.629. The molecular weight excluding hydrogens is 382 g/mol. The smallest absolute Gasteiger partial charge is 0.338 e. The summed E-state index contributed by atoms with van der Waals surface area (Å²) < 4.78 is 28.5. The van der Waals surface area contributed by atoms with E-state index >= 15 is 0 Å². The van der Waals surface area contributed by atoms with Crippen LogP contribution >= 0.6 is 0 Å². The van der Waals surface area contributed by atoms with Crippen molar-refractivity contribution in [2.24, 2.45) is 0 Å². The number of carbonyl (C=O) groups is 2. The first kappa shape index (κ1) is 20.2. The van der Waals surface area contributed by atoms with E-state index in [1.807, 2.05) is 13.8 Å². The highest BCUT2D eigenvalue weighted by Gasteiger charge is 2.35. The van der Waals surface area contributed by atoms with Crippen LogP contribution in [-0.4, -0.2) is 65.9 Å². The lowest BCUT2D eigenvalue weighted by atomic mass is 10.1. The third-order valence-corrected chi connectivity index (χ3v) is 6.80. The molecule has 2 aromatic rings. The lowest BCUT2D eigenvalue weighted by Crippen LogP contribution is -2.44. The second kappa shape index (κ2) is 7.46. The second-order valence-electron chi connectivity index (χ2n) is 7.15. The summed E-state index contributed by atoms with van der Waals surface area (Å²) in [4.78, 5) is 35.2. The lowest BCUT2D eigenvalue weighted by molar-refractivity contribution is -0.140. The van der Waals surface area contributed by atoms with Crippen molar-refractivity contribution in [2.45, 2.75) is 39.3 Å². The van der Waals surface area contributed by atoms with E-state index < -0.39 is 27.8 Å². The largest absolute Gasteiger partial charge is 0.449 e. The molecule has 1 aromatic heterocycles. The molecule has 2 heterocycles. The number of nitrogens with zero attached hydrogens (tertiary/aromatic N) is 3. The third-order valence-electron chi connectivity index (χ3n) is 5.05. The van der Waals surface area contributed by atoms with E-state index in [1.54, 1.807) is 18.2 Å². The number of fused-ring (bicyclic) bond motifs is 1. The SMILES string of the molecule is Cc1nc2ccc(C(=O)O[C@H](C)C(=O)N(C)[C@H]3CCS(=O)(=O)C3)cc2nc1C. The van der Waals surface area contributed by atoms with Crippen molar-refractivity contribution in [3.8, 4) is 0 Å². The van der Waals surface area contributed by atoms with E-state index in [0.29, 0.717) is 17.5 Å². The van der Waals surface area contributed by atoms with Gasteiger partial charge in [0.05, 0.1) is 39.5 Å². The van der Waals surface area contributed by atoms with Crippen LogP contribution in [0, 0.1) is 13.8 Å². The summed E-state index contributed by atoms with van der Waals surface area (Å²) in [6.45, 7) is 5.18. The fourth-order valence-electron chi connectivity index (χ4n) is 3.18. The second-order valence-corrected chi connectivity index (χ2v) is 9.38. The molecule has 0 unspecified atom stereocenters. The fraction of sp³-hybridized carbons (Fsp3) is 0.474. The lowest BCUT2D eigenvalue weighted by Gasteiger charge is -2.26. The molecule has 0 N–H and O–H groups in total. The standard InChI is InChI=1S/C19H23N3O5S/c1-11-12(2)21-17-9-14(5-6-16(17)20-11)19(24)27-13(3)18(23)22(4)15-7-8-28(25,26)10-15/h5-6,9,13,15H,7-8,10H2,1-4H3/t13-,15+/m1/s1. The predicted molar refractivity (Wildman–Crippen MR) is 104 cm³/mol. The summed E-state index contributed by atoms with van der Waals surface area (Å²) in [6, 6.07) is 4.47. The van der Waals surface area contributed by atoms with Gasteiger partial charge in [-0.05, 0) is 45.4 Å². The Kier molecular flexibility index (Phi) is 5.38. The number of benzene rings is 1. The van der Waals surface area contributed by atoms with Gasteiger partial charge in [0.1, 0.15) is 0 Å². The van der Waals surface area contributed by atoms with Crippen molar-refractivity contribution >= 4 is 32.7 Å². The minimum atomic E-state index is -3.11. The van der Waals surface area contributed by atoms with Crippen LogP contribution in [0.2, 0.25) is 0 Å².